The number of anilines is 1. The molecule has 0 bridgehead atoms. The minimum Gasteiger partial charge on any atom is -0.376 e. The predicted octanol–water partition coefficient (Wildman–Crippen LogP) is 4.13. The Morgan fingerprint density at radius 2 is 2.00 bits per heavy atom. The van der Waals surface area contributed by atoms with Crippen LogP contribution in [0.25, 0.3) is 0 Å². The number of hydrogen-bond acceptors (Lipinski definition) is 2. The molecule has 1 atom stereocenters. The van der Waals surface area contributed by atoms with E-state index in [0.29, 0.717) is 6.04 Å². The summed E-state index contributed by atoms with van der Waals surface area (Å²) in [6, 6.07) is 11.3. The van der Waals surface area contributed by atoms with Crippen molar-refractivity contribution in [2.45, 2.75) is 33.2 Å². The van der Waals surface area contributed by atoms with E-state index in [2.05, 4.69) is 61.4 Å². The first-order valence-electron chi connectivity index (χ1n) is 6.82. The second-order valence-electron chi connectivity index (χ2n) is 6.19. The normalized spacial score (nSPS) is 20.1. The average molecular weight is 252 g/mol. The van der Waals surface area contributed by atoms with Crippen molar-refractivity contribution in [1.82, 2.24) is 4.98 Å². The fourth-order valence-corrected chi connectivity index (χ4v) is 3.06. The van der Waals surface area contributed by atoms with E-state index in [0.717, 1.165) is 12.1 Å². The number of rotatable bonds is 2. The van der Waals surface area contributed by atoms with Gasteiger partial charge in [0.25, 0.3) is 0 Å². The fourth-order valence-electron chi connectivity index (χ4n) is 3.06. The molecule has 1 aromatic carbocycles. The summed E-state index contributed by atoms with van der Waals surface area (Å²) < 4.78 is 0. The predicted molar refractivity (Wildman–Crippen MR) is 79.3 cm³/mol. The van der Waals surface area contributed by atoms with E-state index in [-0.39, 0.29) is 5.41 Å². The molecule has 2 aromatic rings. The van der Waals surface area contributed by atoms with Gasteiger partial charge in [-0.3, -0.25) is 4.98 Å². The zero-order chi connectivity index (χ0) is 13.5. The molecule has 1 aliphatic carbocycles. The van der Waals surface area contributed by atoms with Crippen molar-refractivity contribution in [2.75, 3.05) is 5.32 Å². The molecule has 0 radical (unpaired) electrons. The third kappa shape index (κ3) is 2.23. The van der Waals surface area contributed by atoms with Crippen molar-refractivity contribution >= 4 is 5.69 Å². The molecule has 1 aliphatic rings. The lowest BCUT2D eigenvalue weighted by Gasteiger charge is -2.29. The highest BCUT2D eigenvalue weighted by Crippen LogP contribution is 2.46. The Balaban J connectivity index is 1.95. The van der Waals surface area contributed by atoms with Gasteiger partial charge in [-0.25, -0.2) is 0 Å². The number of pyridine rings is 1. The first-order valence-corrected chi connectivity index (χ1v) is 6.82. The van der Waals surface area contributed by atoms with E-state index in [1.165, 1.54) is 16.7 Å². The van der Waals surface area contributed by atoms with Gasteiger partial charge in [-0.2, -0.15) is 0 Å². The second-order valence-corrected chi connectivity index (χ2v) is 6.19. The zero-order valence-corrected chi connectivity index (χ0v) is 11.8. The summed E-state index contributed by atoms with van der Waals surface area (Å²) in [6.45, 7) is 6.73. The van der Waals surface area contributed by atoms with Gasteiger partial charge in [-0.05, 0) is 41.5 Å². The van der Waals surface area contributed by atoms with Crippen LogP contribution in [-0.2, 0) is 6.42 Å². The van der Waals surface area contributed by atoms with E-state index in [1.54, 1.807) is 0 Å². The lowest BCUT2D eigenvalue weighted by molar-refractivity contribution is 0.337. The van der Waals surface area contributed by atoms with E-state index in [9.17, 15) is 0 Å². The quantitative estimate of drug-likeness (QED) is 0.869. The van der Waals surface area contributed by atoms with Crippen molar-refractivity contribution < 1.29 is 0 Å². The molecule has 1 heterocycles. The van der Waals surface area contributed by atoms with Crippen molar-refractivity contribution in [3.8, 4) is 0 Å². The van der Waals surface area contributed by atoms with Gasteiger partial charge in [0.2, 0.25) is 0 Å². The van der Waals surface area contributed by atoms with Gasteiger partial charge in [0.1, 0.15) is 0 Å². The Labute approximate surface area is 114 Å². The van der Waals surface area contributed by atoms with Crippen molar-refractivity contribution in [2.24, 2.45) is 5.41 Å². The minimum absolute atomic E-state index is 0.230. The first kappa shape index (κ1) is 12.2. The van der Waals surface area contributed by atoms with Gasteiger partial charge in [0, 0.05) is 12.4 Å². The van der Waals surface area contributed by atoms with Crippen LogP contribution in [-0.4, -0.2) is 4.98 Å². The lowest BCUT2D eigenvalue weighted by Crippen LogP contribution is -2.24. The van der Waals surface area contributed by atoms with Gasteiger partial charge in [0.05, 0.1) is 11.7 Å². The number of benzene rings is 1. The SMILES string of the molecule is Cc1cncc(NC2c3ccccc3CC2(C)C)c1. The molecule has 0 amide bonds. The highest BCUT2D eigenvalue weighted by molar-refractivity contribution is 5.49. The summed E-state index contributed by atoms with van der Waals surface area (Å²) in [5.74, 6) is 0. The zero-order valence-electron chi connectivity index (χ0n) is 11.8. The van der Waals surface area contributed by atoms with Gasteiger partial charge >= 0.3 is 0 Å². The molecule has 2 nitrogen and oxygen atoms in total. The van der Waals surface area contributed by atoms with Crippen LogP contribution in [0.3, 0.4) is 0 Å². The summed E-state index contributed by atoms with van der Waals surface area (Å²) in [5.41, 5.74) is 5.41. The van der Waals surface area contributed by atoms with Crippen molar-refractivity contribution in [3.63, 3.8) is 0 Å². The average Bonchev–Trinajstić information content (AvgIpc) is 2.61. The summed E-state index contributed by atoms with van der Waals surface area (Å²) in [5, 5.41) is 3.67. The van der Waals surface area contributed by atoms with Crippen LogP contribution in [0.2, 0.25) is 0 Å². The number of nitrogens with one attached hydrogen (secondary N) is 1. The van der Waals surface area contributed by atoms with E-state index in [1.807, 2.05) is 12.4 Å². The maximum Gasteiger partial charge on any atom is 0.0571 e. The molecule has 2 heteroatoms. The van der Waals surface area contributed by atoms with E-state index in [4.69, 9.17) is 0 Å². The summed E-state index contributed by atoms with van der Waals surface area (Å²) in [6.07, 6.45) is 4.92. The van der Waals surface area contributed by atoms with Crippen LogP contribution < -0.4 is 5.32 Å². The van der Waals surface area contributed by atoms with Crippen LogP contribution in [0.4, 0.5) is 5.69 Å². The number of nitrogens with zero attached hydrogens (tertiary/aromatic N) is 1. The number of aryl methyl sites for hydroxylation is 1. The molecule has 1 unspecified atom stereocenters. The Kier molecular flexibility index (Phi) is 2.81. The largest absolute Gasteiger partial charge is 0.376 e. The number of fused-ring (bicyclic) bond motifs is 1. The van der Waals surface area contributed by atoms with Crippen LogP contribution in [0.5, 0.6) is 0 Å². The molecule has 0 saturated carbocycles. The molecule has 19 heavy (non-hydrogen) atoms. The van der Waals surface area contributed by atoms with Crippen LogP contribution in [0.15, 0.2) is 42.7 Å². The maximum atomic E-state index is 4.27. The highest BCUT2D eigenvalue weighted by atomic mass is 15.0. The molecular weight excluding hydrogens is 232 g/mol. The van der Waals surface area contributed by atoms with Gasteiger partial charge < -0.3 is 5.32 Å². The van der Waals surface area contributed by atoms with Crippen LogP contribution in [0, 0.1) is 12.3 Å². The molecule has 1 N–H and O–H groups in total. The molecule has 0 saturated heterocycles. The third-order valence-electron chi connectivity index (χ3n) is 3.98. The smallest absolute Gasteiger partial charge is 0.0571 e. The Morgan fingerprint density at radius 1 is 1.21 bits per heavy atom. The molecule has 0 spiro atoms. The minimum atomic E-state index is 0.230. The van der Waals surface area contributed by atoms with Gasteiger partial charge in [-0.1, -0.05) is 38.1 Å². The molecule has 0 aliphatic heterocycles. The van der Waals surface area contributed by atoms with Gasteiger partial charge in [-0.15, -0.1) is 0 Å². The monoisotopic (exact) mass is 252 g/mol. The highest BCUT2D eigenvalue weighted by Gasteiger charge is 2.38. The summed E-state index contributed by atoms with van der Waals surface area (Å²) in [7, 11) is 0. The van der Waals surface area contributed by atoms with Crippen molar-refractivity contribution in [3.05, 3.63) is 59.4 Å². The molecule has 3 rings (SSSR count). The Hall–Kier alpha value is -1.83. The van der Waals surface area contributed by atoms with Gasteiger partial charge in [0.15, 0.2) is 0 Å². The topological polar surface area (TPSA) is 24.9 Å². The number of hydrogen-bond donors (Lipinski definition) is 1. The van der Waals surface area contributed by atoms with E-state index >= 15 is 0 Å². The number of aromatic nitrogens is 1. The first-order chi connectivity index (χ1) is 9.06. The molecule has 1 aromatic heterocycles. The fraction of sp³-hybridized carbons (Fsp3) is 0.353. The summed E-state index contributed by atoms with van der Waals surface area (Å²) in [4.78, 5) is 4.27. The Morgan fingerprint density at radius 3 is 2.79 bits per heavy atom. The molecule has 0 fully saturated rings. The Bertz CT molecular complexity index is 602. The lowest BCUT2D eigenvalue weighted by atomic mass is 9.85. The van der Waals surface area contributed by atoms with Crippen LogP contribution >= 0.6 is 0 Å². The third-order valence-corrected chi connectivity index (χ3v) is 3.98. The second kappa shape index (κ2) is 4.37. The summed E-state index contributed by atoms with van der Waals surface area (Å²) >= 11 is 0. The van der Waals surface area contributed by atoms with Crippen molar-refractivity contribution in [1.29, 1.82) is 0 Å². The molecular formula is C17H20N2. The molecule has 98 valence electrons. The standard InChI is InChI=1S/C17H20N2/c1-12-8-14(11-18-10-12)19-16-15-7-5-4-6-13(15)9-17(16,2)3/h4-8,10-11,16,19H,9H2,1-3H3. The maximum absolute atomic E-state index is 4.27. The van der Waals surface area contributed by atoms with E-state index < -0.39 is 0 Å². The van der Waals surface area contributed by atoms with Crippen LogP contribution in [0.1, 0.15) is 36.6 Å².